The molecule has 2 saturated carbocycles. The number of hydrogen-bond acceptors (Lipinski definition) is 5. The third kappa shape index (κ3) is 2.30. The van der Waals surface area contributed by atoms with E-state index in [9.17, 15) is 0 Å². The van der Waals surface area contributed by atoms with Crippen molar-refractivity contribution in [2.45, 2.75) is 56.5 Å². The Morgan fingerprint density at radius 3 is 2.58 bits per heavy atom. The summed E-state index contributed by atoms with van der Waals surface area (Å²) in [5.74, 6) is 2.64. The highest BCUT2D eigenvalue weighted by Crippen LogP contribution is 2.43. The van der Waals surface area contributed by atoms with Crippen LogP contribution in [0.3, 0.4) is 0 Å². The minimum Gasteiger partial charge on any atom is -0.370 e. The molecule has 0 atom stereocenters. The Kier molecular flexibility index (Phi) is 3.58. The molecule has 2 aliphatic rings. The minimum absolute atomic E-state index is 0.268. The lowest BCUT2D eigenvalue weighted by molar-refractivity contribution is -0.0858. The van der Waals surface area contributed by atoms with Crippen molar-refractivity contribution in [3.8, 4) is 0 Å². The lowest BCUT2D eigenvalue weighted by Gasteiger charge is -2.37. The van der Waals surface area contributed by atoms with Crippen molar-refractivity contribution in [3.05, 3.63) is 11.7 Å². The molecule has 5 nitrogen and oxygen atoms in total. The zero-order valence-corrected chi connectivity index (χ0v) is 11.6. The van der Waals surface area contributed by atoms with Crippen LogP contribution in [0.2, 0.25) is 0 Å². The summed E-state index contributed by atoms with van der Waals surface area (Å²) in [5, 5.41) is 4.16. The molecule has 1 aromatic heterocycles. The van der Waals surface area contributed by atoms with Gasteiger partial charge in [-0.15, -0.1) is 0 Å². The van der Waals surface area contributed by atoms with Crippen molar-refractivity contribution in [3.63, 3.8) is 0 Å². The Bertz CT molecular complexity index is 415. The van der Waals surface area contributed by atoms with E-state index in [1.165, 1.54) is 19.3 Å². The highest BCUT2D eigenvalue weighted by atomic mass is 16.5. The summed E-state index contributed by atoms with van der Waals surface area (Å²) in [6, 6.07) is 0. The number of hydrogen-bond donors (Lipinski definition) is 1. The second-order valence-corrected chi connectivity index (χ2v) is 5.96. The molecule has 0 saturated heterocycles. The first kappa shape index (κ1) is 13.1. The fourth-order valence-corrected chi connectivity index (χ4v) is 3.25. The van der Waals surface area contributed by atoms with Gasteiger partial charge in [-0.3, -0.25) is 0 Å². The van der Waals surface area contributed by atoms with E-state index in [0.717, 1.165) is 43.9 Å². The van der Waals surface area contributed by atoms with Gasteiger partial charge in [0.15, 0.2) is 0 Å². The van der Waals surface area contributed by atoms with Crippen molar-refractivity contribution in [1.82, 2.24) is 10.1 Å². The third-order valence-electron chi connectivity index (χ3n) is 4.93. The van der Waals surface area contributed by atoms with Crippen molar-refractivity contribution in [2.75, 3.05) is 13.7 Å². The molecule has 0 radical (unpaired) electrons. The third-order valence-corrected chi connectivity index (χ3v) is 4.93. The second-order valence-electron chi connectivity index (χ2n) is 5.96. The lowest BCUT2D eigenvalue weighted by atomic mass is 9.79. The number of rotatable bonds is 4. The summed E-state index contributed by atoms with van der Waals surface area (Å²) >= 11 is 0. The molecule has 1 aromatic rings. The zero-order valence-electron chi connectivity index (χ0n) is 11.6. The Labute approximate surface area is 113 Å². The van der Waals surface area contributed by atoms with E-state index in [2.05, 4.69) is 10.1 Å². The Hall–Kier alpha value is -0.940. The topological polar surface area (TPSA) is 74.2 Å². The lowest BCUT2D eigenvalue weighted by Crippen LogP contribution is -2.37. The maximum absolute atomic E-state index is 5.72. The predicted octanol–water partition coefficient (Wildman–Crippen LogP) is 2.33. The number of nitrogens with two attached hydrogens (primary N) is 1. The fraction of sp³-hybridized carbons (Fsp3) is 0.857. The largest absolute Gasteiger partial charge is 0.370 e. The summed E-state index contributed by atoms with van der Waals surface area (Å²) in [6.45, 7) is 0.800. The molecule has 3 rings (SSSR count). The molecular weight excluding hydrogens is 242 g/mol. The van der Waals surface area contributed by atoms with Crippen LogP contribution < -0.4 is 5.73 Å². The quantitative estimate of drug-likeness (QED) is 0.904. The molecule has 0 amide bonds. The standard InChI is InChI=1S/C14H23N3O2/c1-18-14(7-2-8-14)13-16-12(19-17-13)11-5-3-10(9-15)4-6-11/h10-11H,2-9,15H2,1H3. The van der Waals surface area contributed by atoms with Crippen LogP contribution in [0.1, 0.15) is 62.6 Å². The highest BCUT2D eigenvalue weighted by molar-refractivity contribution is 5.08. The van der Waals surface area contributed by atoms with Gasteiger partial charge < -0.3 is 15.0 Å². The zero-order chi connectivity index (χ0) is 13.3. The summed E-state index contributed by atoms with van der Waals surface area (Å²) in [5.41, 5.74) is 5.46. The monoisotopic (exact) mass is 265 g/mol. The van der Waals surface area contributed by atoms with Crippen molar-refractivity contribution in [1.29, 1.82) is 0 Å². The van der Waals surface area contributed by atoms with Crippen molar-refractivity contribution in [2.24, 2.45) is 11.7 Å². The van der Waals surface area contributed by atoms with Gasteiger partial charge in [0.05, 0.1) is 0 Å². The number of nitrogens with zero attached hydrogens (tertiary/aromatic N) is 2. The first-order chi connectivity index (χ1) is 9.27. The SMILES string of the molecule is COC1(c2noc(C3CCC(CN)CC3)n2)CCC1. The van der Waals surface area contributed by atoms with Gasteiger partial charge in [-0.2, -0.15) is 4.98 Å². The van der Waals surface area contributed by atoms with E-state index in [1.54, 1.807) is 7.11 Å². The van der Waals surface area contributed by atoms with Gasteiger partial charge in [0.2, 0.25) is 11.7 Å². The molecule has 106 valence electrons. The molecule has 5 heteroatoms. The fourth-order valence-electron chi connectivity index (χ4n) is 3.25. The molecule has 2 fully saturated rings. The average molecular weight is 265 g/mol. The number of methoxy groups -OCH3 is 1. The van der Waals surface area contributed by atoms with Crippen molar-refractivity contribution >= 4 is 0 Å². The van der Waals surface area contributed by atoms with Gasteiger partial charge in [0, 0.05) is 13.0 Å². The van der Waals surface area contributed by atoms with Crippen LogP contribution >= 0.6 is 0 Å². The molecule has 0 spiro atoms. The van der Waals surface area contributed by atoms with E-state index in [4.69, 9.17) is 15.0 Å². The summed E-state index contributed by atoms with van der Waals surface area (Å²) in [6.07, 6.45) is 7.76. The molecular formula is C14H23N3O2. The van der Waals surface area contributed by atoms with E-state index >= 15 is 0 Å². The summed E-state index contributed by atoms with van der Waals surface area (Å²) < 4.78 is 11.1. The summed E-state index contributed by atoms with van der Waals surface area (Å²) in [4.78, 5) is 4.62. The predicted molar refractivity (Wildman–Crippen MR) is 70.6 cm³/mol. The van der Waals surface area contributed by atoms with Gasteiger partial charge in [-0.1, -0.05) is 5.16 Å². The minimum atomic E-state index is -0.268. The molecule has 0 aliphatic heterocycles. The van der Waals surface area contributed by atoms with Gasteiger partial charge in [-0.25, -0.2) is 0 Å². The van der Waals surface area contributed by atoms with E-state index in [1.807, 2.05) is 0 Å². The van der Waals surface area contributed by atoms with Gasteiger partial charge in [0.25, 0.3) is 0 Å². The maximum atomic E-state index is 5.72. The average Bonchev–Trinajstić information content (AvgIpc) is 2.88. The second kappa shape index (κ2) is 5.21. The van der Waals surface area contributed by atoms with Crippen LogP contribution in [-0.2, 0) is 10.3 Å². The van der Waals surface area contributed by atoms with Gasteiger partial charge in [0.1, 0.15) is 5.60 Å². The smallest absolute Gasteiger partial charge is 0.229 e. The van der Waals surface area contributed by atoms with Crippen LogP contribution in [0.5, 0.6) is 0 Å². The molecule has 2 aliphatic carbocycles. The maximum Gasteiger partial charge on any atom is 0.229 e. The first-order valence-electron chi connectivity index (χ1n) is 7.37. The Morgan fingerprint density at radius 2 is 2.05 bits per heavy atom. The molecule has 19 heavy (non-hydrogen) atoms. The van der Waals surface area contributed by atoms with Crippen molar-refractivity contribution < 1.29 is 9.26 Å². The van der Waals surface area contributed by atoms with E-state index in [0.29, 0.717) is 11.8 Å². The molecule has 0 unspecified atom stereocenters. The highest BCUT2D eigenvalue weighted by Gasteiger charge is 2.43. The Morgan fingerprint density at radius 1 is 1.32 bits per heavy atom. The van der Waals surface area contributed by atoms with Crippen LogP contribution in [0.15, 0.2) is 4.52 Å². The van der Waals surface area contributed by atoms with E-state index in [-0.39, 0.29) is 5.60 Å². The molecule has 2 N–H and O–H groups in total. The number of aromatic nitrogens is 2. The van der Waals surface area contributed by atoms with Gasteiger partial charge >= 0.3 is 0 Å². The molecule has 0 aromatic carbocycles. The normalized spacial score (nSPS) is 30.0. The van der Waals surface area contributed by atoms with E-state index < -0.39 is 0 Å². The van der Waals surface area contributed by atoms with Crippen LogP contribution in [-0.4, -0.2) is 23.8 Å². The van der Waals surface area contributed by atoms with Crippen LogP contribution in [0.4, 0.5) is 0 Å². The van der Waals surface area contributed by atoms with Crippen LogP contribution in [0, 0.1) is 5.92 Å². The summed E-state index contributed by atoms with van der Waals surface area (Å²) in [7, 11) is 1.74. The Balaban J connectivity index is 1.68. The molecule has 0 bridgehead atoms. The number of ether oxygens (including phenoxy) is 1. The first-order valence-corrected chi connectivity index (χ1v) is 7.37. The van der Waals surface area contributed by atoms with Crippen LogP contribution in [0.25, 0.3) is 0 Å². The van der Waals surface area contributed by atoms with Gasteiger partial charge in [-0.05, 0) is 57.4 Å². The molecule has 1 heterocycles.